The van der Waals surface area contributed by atoms with Gasteiger partial charge in [0.1, 0.15) is 5.75 Å². The first-order valence-electron chi connectivity index (χ1n) is 14.7. The number of nitrogens with one attached hydrogen (secondary N) is 2. The molecule has 5 rings (SSSR count). The highest BCUT2D eigenvalue weighted by molar-refractivity contribution is 9.10. The first kappa shape index (κ1) is 34.3. The number of benzene rings is 4. The van der Waals surface area contributed by atoms with Gasteiger partial charge in [-0.15, -0.1) is 0 Å². The molecule has 2 atom stereocenters. The van der Waals surface area contributed by atoms with E-state index >= 15 is 0 Å². The first-order chi connectivity index (χ1) is 22.8. The van der Waals surface area contributed by atoms with Gasteiger partial charge in [-0.05, 0) is 64.7 Å². The minimum Gasteiger partial charge on any atom is -0.494 e. The zero-order valence-electron chi connectivity index (χ0n) is 25.1. The van der Waals surface area contributed by atoms with Crippen molar-refractivity contribution in [1.82, 2.24) is 10.9 Å². The maximum Gasteiger partial charge on any atom is 0.266 e. The number of carbonyl (C=O) groups is 1. The van der Waals surface area contributed by atoms with Crippen molar-refractivity contribution in [3.8, 4) is 5.75 Å². The molecule has 1 amide bonds. The van der Waals surface area contributed by atoms with E-state index in [1.165, 1.54) is 0 Å². The molecule has 1 aliphatic rings. The number of rotatable bonds is 14. The van der Waals surface area contributed by atoms with E-state index in [-0.39, 0.29) is 32.0 Å². The van der Waals surface area contributed by atoms with Crippen molar-refractivity contribution in [3.05, 3.63) is 144 Å². The van der Waals surface area contributed by atoms with Crippen LogP contribution in [0, 0.1) is 0 Å². The summed E-state index contributed by atoms with van der Waals surface area (Å²) in [5, 5.41) is 13.7. The summed E-state index contributed by atoms with van der Waals surface area (Å²) in [5.74, 6) is 0.473. The summed E-state index contributed by atoms with van der Waals surface area (Å²) in [6, 6.07) is 27.5. The van der Waals surface area contributed by atoms with Gasteiger partial charge in [-0.1, -0.05) is 92.8 Å². The average molecular weight is 738 g/mol. The lowest BCUT2D eigenvalue weighted by Gasteiger charge is -2.32. The predicted octanol–water partition coefficient (Wildman–Crippen LogP) is 7.65. The van der Waals surface area contributed by atoms with E-state index in [1.807, 2.05) is 66.7 Å². The number of amides is 1. The highest BCUT2D eigenvalue weighted by atomic mass is 79.9. The lowest BCUT2D eigenvalue weighted by molar-refractivity contribution is -0.130. The molecule has 1 heterocycles. The van der Waals surface area contributed by atoms with Crippen molar-refractivity contribution in [1.29, 1.82) is 0 Å². The molecule has 1 aliphatic heterocycles. The third kappa shape index (κ3) is 8.26. The number of carbonyl (C=O) groups excluding carboxylic acids is 1. The van der Waals surface area contributed by atoms with Gasteiger partial charge in [0, 0.05) is 46.5 Å². The number of nitrogens with zero attached hydrogens (tertiary/aromatic N) is 4. The van der Waals surface area contributed by atoms with Crippen molar-refractivity contribution < 1.29 is 19.4 Å². The number of hydrazine groups is 1. The molecule has 0 saturated heterocycles. The van der Waals surface area contributed by atoms with Crippen molar-refractivity contribution in [2.45, 2.75) is 37.6 Å². The lowest BCUT2D eigenvalue weighted by Crippen LogP contribution is -2.53. The molecule has 47 heavy (non-hydrogen) atoms. The molecule has 0 radical (unpaired) electrons. The van der Waals surface area contributed by atoms with Gasteiger partial charge in [0.05, 0.1) is 23.2 Å². The Kier molecular flexibility index (Phi) is 11.8. The second-order valence-electron chi connectivity index (χ2n) is 10.7. The van der Waals surface area contributed by atoms with Crippen LogP contribution in [0.5, 0.6) is 5.75 Å². The minimum atomic E-state index is -1.51. The van der Waals surface area contributed by atoms with Crippen LogP contribution in [0.25, 0.3) is 10.4 Å². The number of aliphatic hydroxyl groups is 1. The zero-order chi connectivity index (χ0) is 33.2. The molecule has 4 aromatic rings. The van der Waals surface area contributed by atoms with E-state index in [4.69, 9.17) is 48.3 Å². The molecule has 0 aromatic heterocycles. The highest BCUT2D eigenvalue weighted by Gasteiger charge is 2.54. The Morgan fingerprint density at radius 1 is 1.04 bits per heavy atom. The Morgan fingerprint density at radius 2 is 1.79 bits per heavy atom. The molecule has 10 nitrogen and oxygen atoms in total. The molecular weight excluding hydrogens is 707 g/mol. The van der Waals surface area contributed by atoms with Crippen molar-refractivity contribution in [3.63, 3.8) is 0 Å². The highest BCUT2D eigenvalue weighted by Crippen LogP contribution is 2.45. The van der Waals surface area contributed by atoms with Crippen molar-refractivity contribution in [2.24, 2.45) is 10.1 Å². The van der Waals surface area contributed by atoms with Crippen LogP contribution in [-0.4, -0.2) is 35.7 Å². The van der Waals surface area contributed by atoms with Gasteiger partial charge in [0.25, 0.3) is 5.91 Å². The number of hydrogen-bond donors (Lipinski definition) is 3. The van der Waals surface area contributed by atoms with E-state index in [0.29, 0.717) is 34.4 Å². The minimum absolute atomic E-state index is 0.0393. The van der Waals surface area contributed by atoms with Gasteiger partial charge >= 0.3 is 0 Å². The summed E-state index contributed by atoms with van der Waals surface area (Å²) in [7, 11) is 0. The largest absolute Gasteiger partial charge is 0.494 e. The van der Waals surface area contributed by atoms with Gasteiger partial charge in [0.2, 0.25) is 5.90 Å². The van der Waals surface area contributed by atoms with Gasteiger partial charge in [0.15, 0.2) is 11.6 Å². The average Bonchev–Trinajstić information content (AvgIpc) is 3.46. The molecule has 4 aromatic carbocycles. The number of azide groups is 1. The molecule has 0 bridgehead atoms. The maximum absolute atomic E-state index is 14.5. The Bertz CT molecular complexity index is 1800. The molecule has 3 N–H and O–H groups in total. The predicted molar refractivity (Wildman–Crippen MR) is 185 cm³/mol. The Morgan fingerprint density at radius 3 is 2.51 bits per heavy atom. The molecule has 242 valence electrons. The molecule has 0 unspecified atom stereocenters. The van der Waals surface area contributed by atoms with Crippen molar-refractivity contribution >= 4 is 50.9 Å². The maximum atomic E-state index is 14.5. The zero-order valence-corrected chi connectivity index (χ0v) is 28.2. The van der Waals surface area contributed by atoms with Crippen LogP contribution in [0.3, 0.4) is 0 Å². The molecule has 0 aliphatic carbocycles. The van der Waals surface area contributed by atoms with Crippen LogP contribution in [0.4, 0.5) is 0 Å². The Balaban J connectivity index is 1.56. The smallest absolute Gasteiger partial charge is 0.266 e. The molecule has 0 fully saturated rings. The van der Waals surface area contributed by atoms with Crippen molar-refractivity contribution in [2.75, 3.05) is 13.2 Å². The van der Waals surface area contributed by atoms with Gasteiger partial charge in [-0.2, -0.15) is 0 Å². The second-order valence-corrected chi connectivity index (χ2v) is 12.4. The fraction of sp³-hybridized carbons (Fsp3) is 0.235. The third-order valence-corrected chi connectivity index (χ3v) is 9.04. The van der Waals surface area contributed by atoms with Gasteiger partial charge < -0.3 is 14.6 Å². The Hall–Kier alpha value is -4.09. The monoisotopic (exact) mass is 736 g/mol. The molecular formula is C34H31BrCl2N6O4. The normalized spacial score (nSPS) is 16.9. The topological polar surface area (TPSA) is 141 Å². The summed E-state index contributed by atoms with van der Waals surface area (Å²) >= 11 is 15.9. The van der Waals surface area contributed by atoms with Crippen LogP contribution in [0.1, 0.15) is 40.3 Å². The number of aliphatic imine (C=N–C) groups is 1. The number of aliphatic hydroxyl groups excluding tert-OH is 1. The van der Waals surface area contributed by atoms with E-state index in [1.54, 1.807) is 24.3 Å². The summed E-state index contributed by atoms with van der Waals surface area (Å²) in [4.78, 5) is 22.5. The molecule has 13 heteroatoms. The fourth-order valence-corrected chi connectivity index (χ4v) is 6.03. The van der Waals surface area contributed by atoms with E-state index in [9.17, 15) is 4.79 Å². The number of hydrogen-bond acceptors (Lipinski definition) is 7. The van der Waals surface area contributed by atoms with Crippen LogP contribution >= 0.6 is 39.1 Å². The molecule has 0 saturated carbocycles. The lowest BCUT2D eigenvalue weighted by atomic mass is 9.81. The summed E-state index contributed by atoms with van der Waals surface area (Å²) in [6.07, 6.45) is -0.210. The van der Waals surface area contributed by atoms with Crippen LogP contribution in [0.2, 0.25) is 10.0 Å². The van der Waals surface area contributed by atoms with E-state index < -0.39 is 17.6 Å². The Labute approximate surface area is 290 Å². The summed E-state index contributed by atoms with van der Waals surface area (Å²) in [6.45, 7) is 0.790. The molecule has 0 spiro atoms. The van der Waals surface area contributed by atoms with Crippen LogP contribution in [-0.2, 0) is 29.0 Å². The van der Waals surface area contributed by atoms with Gasteiger partial charge in [-0.3, -0.25) is 10.2 Å². The van der Waals surface area contributed by atoms with E-state index in [0.717, 1.165) is 26.7 Å². The summed E-state index contributed by atoms with van der Waals surface area (Å²) in [5.41, 5.74) is 17.1. The second kappa shape index (κ2) is 16.1. The quantitative estimate of drug-likeness (QED) is 0.0401. The standard InChI is InChI=1S/C34H31BrCl2N6O4/c35-28-9-4-3-8-27(28)31-34(19-24-6-1-2-7-25(24)21-40-43-38,33(45)42-39-20-22-10-15-29(36)30(37)18-22)41-32(47-31)23-11-13-26(14-12-23)46-17-5-16-44/h1-4,6-15,18,31,39,44H,5,16-17,19-21H2,(H,42,45)/t31-,34-/m0/s1. The fourth-order valence-electron chi connectivity index (χ4n) is 5.21. The third-order valence-electron chi connectivity index (χ3n) is 7.58. The number of ether oxygens (including phenoxy) is 2. The SMILES string of the molecule is [N-]=[N+]=NCc1ccccc1C[C@]1(C(=O)NNCc2ccc(Cl)c(Cl)c2)N=C(c2ccc(OCCCO)cc2)O[C@H]1c1ccccc1Br. The van der Waals surface area contributed by atoms with Gasteiger partial charge in [-0.25, -0.2) is 10.4 Å². The first-order valence-corrected chi connectivity index (χ1v) is 16.3. The van der Waals surface area contributed by atoms with Crippen LogP contribution < -0.4 is 15.6 Å². The van der Waals surface area contributed by atoms with E-state index in [2.05, 4.69) is 36.8 Å². The summed E-state index contributed by atoms with van der Waals surface area (Å²) < 4.78 is 13.1. The number of halogens is 3. The van der Waals surface area contributed by atoms with Crippen LogP contribution in [0.15, 0.2) is 106 Å².